The van der Waals surface area contributed by atoms with Gasteiger partial charge in [-0.1, -0.05) is 6.42 Å². The van der Waals surface area contributed by atoms with Crippen LogP contribution in [-0.4, -0.2) is 58.5 Å². The first-order chi connectivity index (χ1) is 8.61. The highest BCUT2D eigenvalue weighted by Crippen LogP contribution is 2.21. The van der Waals surface area contributed by atoms with Crippen molar-refractivity contribution in [3.05, 3.63) is 0 Å². The van der Waals surface area contributed by atoms with Crippen LogP contribution in [0.4, 0.5) is 0 Å². The van der Waals surface area contributed by atoms with Crippen LogP contribution in [0.1, 0.15) is 39.0 Å². The van der Waals surface area contributed by atoms with Crippen LogP contribution in [0.5, 0.6) is 0 Å². The molecule has 2 aliphatic heterocycles. The summed E-state index contributed by atoms with van der Waals surface area (Å²) < 4.78 is 0. The van der Waals surface area contributed by atoms with Gasteiger partial charge >= 0.3 is 5.97 Å². The Kier molecular flexibility index (Phi) is 4.22. The first-order valence-corrected chi connectivity index (χ1v) is 6.88. The van der Waals surface area contributed by atoms with E-state index in [0.29, 0.717) is 13.0 Å². The van der Waals surface area contributed by atoms with Gasteiger partial charge in [0.15, 0.2) is 0 Å². The third-order valence-electron chi connectivity index (χ3n) is 4.12. The number of likely N-dealkylation sites (tertiary alicyclic amines) is 2. The molecule has 2 aliphatic rings. The molecule has 18 heavy (non-hydrogen) atoms. The van der Waals surface area contributed by atoms with Crippen LogP contribution in [0.15, 0.2) is 0 Å². The van der Waals surface area contributed by atoms with Crippen LogP contribution in [0.3, 0.4) is 0 Å². The summed E-state index contributed by atoms with van der Waals surface area (Å²) in [5, 5.41) is 9.12. The number of nitrogens with zero attached hydrogens (tertiary/aromatic N) is 2. The normalized spacial score (nSPS) is 27.2. The average Bonchev–Trinajstić information content (AvgIpc) is 2.87. The van der Waals surface area contributed by atoms with E-state index < -0.39 is 12.0 Å². The van der Waals surface area contributed by atoms with Crippen LogP contribution in [0.2, 0.25) is 0 Å². The third-order valence-corrected chi connectivity index (χ3v) is 4.12. The molecule has 2 heterocycles. The number of hydrogen-bond donors (Lipinski definition) is 1. The maximum absolute atomic E-state index is 12.4. The van der Waals surface area contributed by atoms with Gasteiger partial charge in [-0.3, -0.25) is 9.69 Å². The molecule has 0 aliphatic carbocycles. The van der Waals surface area contributed by atoms with Crippen molar-refractivity contribution in [2.24, 2.45) is 0 Å². The topological polar surface area (TPSA) is 60.9 Å². The monoisotopic (exact) mass is 254 g/mol. The molecule has 102 valence electrons. The van der Waals surface area contributed by atoms with E-state index in [1.54, 1.807) is 4.90 Å². The predicted octanol–water partition coefficient (Wildman–Crippen LogP) is 0.936. The summed E-state index contributed by atoms with van der Waals surface area (Å²) in [6, 6.07) is -0.782. The standard InChI is InChI=1S/C13H22N2O3/c1-10(14-7-3-2-4-8-14)12(16)15-9-5-6-11(15)13(17)18/h10-11H,2-9H2,1H3,(H,17,18). The van der Waals surface area contributed by atoms with Crippen molar-refractivity contribution < 1.29 is 14.7 Å². The lowest BCUT2D eigenvalue weighted by molar-refractivity contribution is -0.150. The Morgan fingerprint density at radius 2 is 1.78 bits per heavy atom. The summed E-state index contributed by atoms with van der Waals surface area (Å²) in [7, 11) is 0. The zero-order chi connectivity index (χ0) is 13.1. The summed E-state index contributed by atoms with van der Waals surface area (Å²) in [6.45, 7) is 4.41. The zero-order valence-electron chi connectivity index (χ0n) is 11.0. The summed E-state index contributed by atoms with van der Waals surface area (Å²) >= 11 is 0. The Morgan fingerprint density at radius 3 is 2.39 bits per heavy atom. The van der Waals surface area contributed by atoms with Crippen molar-refractivity contribution in [1.82, 2.24) is 9.80 Å². The number of rotatable bonds is 3. The molecule has 1 N–H and O–H groups in total. The highest BCUT2D eigenvalue weighted by Gasteiger charge is 2.37. The van der Waals surface area contributed by atoms with Gasteiger partial charge in [-0.15, -0.1) is 0 Å². The molecule has 2 atom stereocenters. The van der Waals surface area contributed by atoms with Crippen LogP contribution in [0, 0.1) is 0 Å². The van der Waals surface area contributed by atoms with E-state index in [9.17, 15) is 9.59 Å². The van der Waals surface area contributed by atoms with Crippen molar-refractivity contribution >= 4 is 11.9 Å². The van der Waals surface area contributed by atoms with Gasteiger partial charge in [0.05, 0.1) is 6.04 Å². The molecule has 1 amide bonds. The molecule has 5 heteroatoms. The second-order valence-electron chi connectivity index (χ2n) is 5.30. The molecule has 0 saturated carbocycles. The number of amides is 1. The van der Waals surface area contributed by atoms with Crippen LogP contribution in [-0.2, 0) is 9.59 Å². The third kappa shape index (κ3) is 2.66. The smallest absolute Gasteiger partial charge is 0.326 e. The van der Waals surface area contributed by atoms with Gasteiger partial charge in [0.25, 0.3) is 0 Å². The summed E-state index contributed by atoms with van der Waals surface area (Å²) in [5.74, 6) is -0.881. The minimum absolute atomic E-state index is 0.0122. The van der Waals surface area contributed by atoms with Crippen molar-refractivity contribution in [3.63, 3.8) is 0 Å². The molecule has 0 aromatic heterocycles. The molecule has 2 unspecified atom stereocenters. The number of aliphatic carboxylic acids is 1. The van der Waals surface area contributed by atoms with Crippen molar-refractivity contribution in [2.75, 3.05) is 19.6 Å². The minimum atomic E-state index is -0.869. The second kappa shape index (κ2) is 5.69. The Bertz CT molecular complexity index is 326. The van der Waals surface area contributed by atoms with Gasteiger partial charge in [-0.25, -0.2) is 4.79 Å². The predicted molar refractivity (Wildman–Crippen MR) is 67.3 cm³/mol. The minimum Gasteiger partial charge on any atom is -0.480 e. The quantitative estimate of drug-likeness (QED) is 0.814. The first-order valence-electron chi connectivity index (χ1n) is 6.88. The van der Waals surface area contributed by atoms with Gasteiger partial charge in [-0.05, 0) is 45.7 Å². The Labute approximate surface area is 108 Å². The Hall–Kier alpha value is -1.10. The van der Waals surface area contributed by atoms with Gasteiger partial charge in [0.1, 0.15) is 6.04 Å². The maximum atomic E-state index is 12.4. The second-order valence-corrected chi connectivity index (χ2v) is 5.30. The van der Waals surface area contributed by atoms with Gasteiger partial charge in [-0.2, -0.15) is 0 Å². The number of hydrogen-bond acceptors (Lipinski definition) is 3. The van der Waals surface area contributed by atoms with Crippen molar-refractivity contribution in [2.45, 2.75) is 51.1 Å². The molecular formula is C13H22N2O3. The fourth-order valence-electron chi connectivity index (χ4n) is 2.99. The average molecular weight is 254 g/mol. The number of carboxylic acids is 1. The van der Waals surface area contributed by atoms with Crippen LogP contribution >= 0.6 is 0 Å². The highest BCUT2D eigenvalue weighted by molar-refractivity contribution is 5.87. The van der Waals surface area contributed by atoms with Crippen LogP contribution < -0.4 is 0 Å². The Balaban J connectivity index is 1.99. The summed E-state index contributed by atoms with van der Waals surface area (Å²) in [5.41, 5.74) is 0. The number of carbonyl (C=O) groups excluding carboxylic acids is 1. The number of carbonyl (C=O) groups is 2. The van der Waals surface area contributed by atoms with E-state index >= 15 is 0 Å². The summed E-state index contributed by atoms with van der Waals surface area (Å²) in [4.78, 5) is 27.2. The fourth-order valence-corrected chi connectivity index (χ4v) is 2.99. The SMILES string of the molecule is CC(C(=O)N1CCCC1C(=O)O)N1CCCCC1. The number of piperidine rings is 1. The lowest BCUT2D eigenvalue weighted by Gasteiger charge is -2.34. The largest absolute Gasteiger partial charge is 0.480 e. The van der Waals surface area contributed by atoms with E-state index in [1.165, 1.54) is 6.42 Å². The molecule has 5 nitrogen and oxygen atoms in total. The molecule has 0 aromatic carbocycles. The molecule has 2 rings (SSSR count). The van der Waals surface area contributed by atoms with Crippen molar-refractivity contribution in [3.8, 4) is 0 Å². The molecule has 2 saturated heterocycles. The number of carboxylic acid groups (broad SMARTS) is 1. The molecule has 0 radical (unpaired) electrons. The molecule has 0 bridgehead atoms. The fraction of sp³-hybridized carbons (Fsp3) is 0.846. The lowest BCUT2D eigenvalue weighted by Crippen LogP contribution is -2.51. The van der Waals surface area contributed by atoms with Crippen LogP contribution in [0.25, 0.3) is 0 Å². The van der Waals surface area contributed by atoms with E-state index in [-0.39, 0.29) is 11.9 Å². The highest BCUT2D eigenvalue weighted by atomic mass is 16.4. The summed E-state index contributed by atoms with van der Waals surface area (Å²) in [6.07, 6.45) is 4.90. The van der Waals surface area contributed by atoms with Gasteiger partial charge in [0.2, 0.25) is 5.91 Å². The van der Waals surface area contributed by atoms with E-state index in [4.69, 9.17) is 5.11 Å². The zero-order valence-corrected chi connectivity index (χ0v) is 11.0. The lowest BCUT2D eigenvalue weighted by atomic mass is 10.1. The Morgan fingerprint density at radius 1 is 1.11 bits per heavy atom. The van der Waals surface area contributed by atoms with E-state index in [2.05, 4.69) is 4.90 Å². The van der Waals surface area contributed by atoms with Gasteiger partial charge < -0.3 is 10.0 Å². The van der Waals surface area contributed by atoms with Gasteiger partial charge in [0, 0.05) is 6.54 Å². The first kappa shape index (κ1) is 13.3. The molecular weight excluding hydrogens is 232 g/mol. The van der Waals surface area contributed by atoms with Crippen molar-refractivity contribution in [1.29, 1.82) is 0 Å². The van der Waals surface area contributed by atoms with E-state index in [1.807, 2.05) is 6.92 Å². The maximum Gasteiger partial charge on any atom is 0.326 e. The molecule has 0 spiro atoms. The molecule has 0 aromatic rings. The molecule has 2 fully saturated rings. The van der Waals surface area contributed by atoms with E-state index in [0.717, 1.165) is 32.4 Å².